The number of hydrogen-bond donors (Lipinski definition) is 1. The summed E-state index contributed by atoms with van der Waals surface area (Å²) in [6.45, 7) is 0.824. The van der Waals surface area contributed by atoms with Gasteiger partial charge in [-0.1, -0.05) is 0 Å². The van der Waals surface area contributed by atoms with Crippen molar-refractivity contribution in [2.24, 2.45) is 11.7 Å². The molecule has 0 atom stereocenters. The van der Waals surface area contributed by atoms with Crippen LogP contribution in [0.5, 0.6) is 5.75 Å². The molecule has 3 rings (SSSR count). The van der Waals surface area contributed by atoms with Gasteiger partial charge in [0.1, 0.15) is 5.75 Å². The van der Waals surface area contributed by atoms with Crippen molar-refractivity contribution in [1.82, 2.24) is 9.78 Å². The molecule has 0 radical (unpaired) electrons. The lowest BCUT2D eigenvalue weighted by molar-refractivity contribution is 0.266. The Kier molecular flexibility index (Phi) is 3.42. The minimum absolute atomic E-state index is 0.529. The van der Waals surface area contributed by atoms with Gasteiger partial charge in [0.2, 0.25) is 0 Å². The molecule has 1 aromatic heterocycles. The van der Waals surface area contributed by atoms with E-state index in [1.165, 1.54) is 31.1 Å². The molecule has 2 aromatic rings. The molecule has 102 valence electrons. The molecule has 19 heavy (non-hydrogen) atoms. The number of fused-ring (bicyclic) bond motifs is 1. The van der Waals surface area contributed by atoms with E-state index in [2.05, 4.69) is 16.9 Å². The van der Waals surface area contributed by atoms with Gasteiger partial charge < -0.3 is 10.5 Å². The van der Waals surface area contributed by atoms with Gasteiger partial charge in [0.25, 0.3) is 0 Å². The van der Waals surface area contributed by atoms with Crippen LogP contribution < -0.4 is 10.5 Å². The van der Waals surface area contributed by atoms with E-state index < -0.39 is 0 Å². The highest BCUT2D eigenvalue weighted by atomic mass is 16.5. The van der Waals surface area contributed by atoms with E-state index in [1.54, 1.807) is 7.11 Å². The highest BCUT2D eigenvalue weighted by Crippen LogP contribution is 2.32. The van der Waals surface area contributed by atoms with Gasteiger partial charge >= 0.3 is 0 Å². The largest absolute Gasteiger partial charge is 0.497 e. The fourth-order valence-electron chi connectivity index (χ4n) is 2.97. The van der Waals surface area contributed by atoms with Gasteiger partial charge in [-0.25, -0.2) is 0 Å². The van der Waals surface area contributed by atoms with Gasteiger partial charge in [0.15, 0.2) is 0 Å². The third-order valence-corrected chi connectivity index (χ3v) is 4.26. The highest BCUT2D eigenvalue weighted by Gasteiger charge is 2.22. The van der Waals surface area contributed by atoms with E-state index in [0.29, 0.717) is 12.0 Å². The van der Waals surface area contributed by atoms with Crippen molar-refractivity contribution in [2.45, 2.75) is 31.7 Å². The fraction of sp³-hybridized carbons (Fsp3) is 0.533. The summed E-state index contributed by atoms with van der Waals surface area (Å²) < 4.78 is 7.38. The van der Waals surface area contributed by atoms with Gasteiger partial charge in [-0.15, -0.1) is 0 Å². The molecule has 0 amide bonds. The van der Waals surface area contributed by atoms with Gasteiger partial charge in [-0.05, 0) is 50.3 Å². The summed E-state index contributed by atoms with van der Waals surface area (Å²) >= 11 is 0. The normalized spacial score (nSPS) is 23.7. The van der Waals surface area contributed by atoms with Crippen LogP contribution in [0.25, 0.3) is 10.9 Å². The second-order valence-corrected chi connectivity index (χ2v) is 5.44. The minimum Gasteiger partial charge on any atom is -0.497 e. The third kappa shape index (κ3) is 2.45. The Morgan fingerprint density at radius 1 is 1.32 bits per heavy atom. The van der Waals surface area contributed by atoms with E-state index in [9.17, 15) is 0 Å². The smallest absolute Gasteiger partial charge is 0.121 e. The van der Waals surface area contributed by atoms with Crippen LogP contribution >= 0.6 is 0 Å². The minimum atomic E-state index is 0.529. The molecule has 0 spiro atoms. The Morgan fingerprint density at radius 2 is 2.11 bits per heavy atom. The standard InChI is InChI=1S/C15H21N3O/c1-19-14-7-4-12-10-18(17-15(12)8-14)13-5-2-11(9-16)3-6-13/h4,7-8,10-11,13H,2-3,5-6,9,16H2,1H3. The molecule has 0 aliphatic heterocycles. The number of aromatic nitrogens is 2. The Morgan fingerprint density at radius 3 is 2.79 bits per heavy atom. The maximum atomic E-state index is 5.74. The van der Waals surface area contributed by atoms with Crippen molar-refractivity contribution in [3.63, 3.8) is 0 Å². The Balaban J connectivity index is 1.81. The van der Waals surface area contributed by atoms with Crippen molar-refractivity contribution in [1.29, 1.82) is 0 Å². The number of ether oxygens (including phenoxy) is 1. The van der Waals surface area contributed by atoms with Crippen LogP contribution in [0.15, 0.2) is 24.4 Å². The van der Waals surface area contributed by atoms with Crippen molar-refractivity contribution in [2.75, 3.05) is 13.7 Å². The summed E-state index contributed by atoms with van der Waals surface area (Å²) in [6.07, 6.45) is 6.98. The quantitative estimate of drug-likeness (QED) is 0.922. The van der Waals surface area contributed by atoms with Gasteiger partial charge in [0, 0.05) is 17.6 Å². The number of nitrogens with two attached hydrogens (primary N) is 1. The van der Waals surface area contributed by atoms with E-state index in [1.807, 2.05) is 12.1 Å². The molecular weight excluding hydrogens is 238 g/mol. The first-order valence-corrected chi connectivity index (χ1v) is 7.03. The first-order valence-electron chi connectivity index (χ1n) is 7.03. The molecule has 1 aromatic carbocycles. The molecule has 0 saturated heterocycles. The SMILES string of the molecule is COc1ccc2cn(C3CCC(CN)CC3)nc2c1. The topological polar surface area (TPSA) is 53.1 Å². The predicted molar refractivity (Wildman–Crippen MR) is 76.3 cm³/mol. The average Bonchev–Trinajstić information content (AvgIpc) is 2.90. The summed E-state index contributed by atoms with van der Waals surface area (Å²) in [5.41, 5.74) is 6.76. The molecule has 1 aliphatic carbocycles. The molecule has 4 nitrogen and oxygen atoms in total. The molecule has 2 N–H and O–H groups in total. The molecular formula is C15H21N3O. The molecule has 0 bridgehead atoms. The van der Waals surface area contributed by atoms with Crippen LogP contribution in [0.1, 0.15) is 31.7 Å². The molecule has 1 fully saturated rings. The van der Waals surface area contributed by atoms with Crippen LogP contribution in [-0.4, -0.2) is 23.4 Å². The lowest BCUT2D eigenvalue weighted by Crippen LogP contribution is -2.23. The molecule has 0 unspecified atom stereocenters. The van der Waals surface area contributed by atoms with Crippen molar-refractivity contribution >= 4 is 10.9 Å². The Labute approximate surface area is 113 Å². The Bertz CT molecular complexity index is 556. The summed E-state index contributed by atoms with van der Waals surface area (Å²) in [4.78, 5) is 0. The van der Waals surface area contributed by atoms with Crippen molar-refractivity contribution in [3.8, 4) is 5.75 Å². The number of nitrogens with zero attached hydrogens (tertiary/aromatic N) is 2. The second kappa shape index (κ2) is 5.21. The first kappa shape index (κ1) is 12.5. The first-order chi connectivity index (χ1) is 9.30. The number of rotatable bonds is 3. The summed E-state index contributed by atoms with van der Waals surface area (Å²) in [7, 11) is 1.69. The van der Waals surface area contributed by atoms with Crippen LogP contribution in [0, 0.1) is 5.92 Å². The summed E-state index contributed by atoms with van der Waals surface area (Å²) in [6, 6.07) is 6.58. The number of methoxy groups -OCH3 is 1. The maximum absolute atomic E-state index is 5.74. The molecule has 1 aliphatic rings. The van der Waals surface area contributed by atoms with Crippen molar-refractivity contribution in [3.05, 3.63) is 24.4 Å². The van der Waals surface area contributed by atoms with E-state index in [0.717, 1.165) is 17.8 Å². The molecule has 4 heteroatoms. The van der Waals surface area contributed by atoms with E-state index >= 15 is 0 Å². The summed E-state index contributed by atoms with van der Waals surface area (Å²) in [5.74, 6) is 1.57. The Hall–Kier alpha value is -1.55. The average molecular weight is 259 g/mol. The fourth-order valence-corrected chi connectivity index (χ4v) is 2.97. The zero-order valence-corrected chi connectivity index (χ0v) is 11.4. The molecule has 1 saturated carbocycles. The van der Waals surface area contributed by atoms with Gasteiger partial charge in [-0.2, -0.15) is 5.10 Å². The highest BCUT2D eigenvalue weighted by molar-refractivity contribution is 5.79. The van der Waals surface area contributed by atoms with E-state index in [-0.39, 0.29) is 0 Å². The van der Waals surface area contributed by atoms with Crippen LogP contribution in [0.4, 0.5) is 0 Å². The van der Waals surface area contributed by atoms with Gasteiger partial charge in [0.05, 0.1) is 18.7 Å². The van der Waals surface area contributed by atoms with Crippen molar-refractivity contribution < 1.29 is 4.74 Å². The summed E-state index contributed by atoms with van der Waals surface area (Å²) in [5, 5.41) is 5.88. The zero-order valence-electron chi connectivity index (χ0n) is 11.4. The van der Waals surface area contributed by atoms with Crippen LogP contribution in [0.3, 0.4) is 0 Å². The predicted octanol–water partition coefficient (Wildman–Crippen LogP) is 2.73. The third-order valence-electron chi connectivity index (χ3n) is 4.26. The van der Waals surface area contributed by atoms with Gasteiger partial charge in [-0.3, -0.25) is 4.68 Å². The number of hydrogen-bond acceptors (Lipinski definition) is 3. The lowest BCUT2D eigenvalue weighted by atomic mass is 9.86. The maximum Gasteiger partial charge on any atom is 0.121 e. The monoisotopic (exact) mass is 259 g/mol. The van der Waals surface area contributed by atoms with E-state index in [4.69, 9.17) is 15.6 Å². The second-order valence-electron chi connectivity index (χ2n) is 5.44. The van der Waals surface area contributed by atoms with Crippen LogP contribution in [0.2, 0.25) is 0 Å². The number of benzene rings is 1. The van der Waals surface area contributed by atoms with Crippen LogP contribution in [-0.2, 0) is 0 Å². The lowest BCUT2D eigenvalue weighted by Gasteiger charge is -2.27. The molecule has 1 heterocycles. The zero-order chi connectivity index (χ0) is 13.2.